The number of benzene rings is 1. The molecule has 0 amide bonds. The fraction of sp³-hybridized carbons (Fsp3) is 0.143. The maximum Gasteiger partial charge on any atom is 0.344 e. The van der Waals surface area contributed by atoms with Gasteiger partial charge in [0.2, 0.25) is 0 Å². The molecule has 0 bridgehead atoms. The highest BCUT2D eigenvalue weighted by atomic mass is 35.5. The summed E-state index contributed by atoms with van der Waals surface area (Å²) in [4.78, 5) is 15.4. The molecule has 0 saturated heterocycles. The van der Waals surface area contributed by atoms with Crippen LogP contribution >= 0.6 is 23.2 Å². The van der Waals surface area contributed by atoms with Crippen molar-refractivity contribution in [1.29, 1.82) is 0 Å². The number of ether oxygens (including phenoxy) is 2. The Morgan fingerprint density at radius 1 is 1.24 bits per heavy atom. The Labute approximate surface area is 130 Å². The zero-order valence-electron chi connectivity index (χ0n) is 10.7. The number of nitrogens with zero attached hydrogens (tertiary/aromatic N) is 1. The first-order valence-corrected chi connectivity index (χ1v) is 6.64. The van der Waals surface area contributed by atoms with Crippen LogP contribution in [0.15, 0.2) is 36.5 Å². The Hall–Kier alpha value is -1.85. The van der Waals surface area contributed by atoms with E-state index in [0.717, 1.165) is 6.07 Å². The summed E-state index contributed by atoms with van der Waals surface area (Å²) in [6.45, 7) is -0.237. The van der Waals surface area contributed by atoms with Gasteiger partial charge in [0, 0.05) is 17.8 Å². The summed E-state index contributed by atoms with van der Waals surface area (Å²) in [5.74, 6) is -0.835. The molecule has 21 heavy (non-hydrogen) atoms. The van der Waals surface area contributed by atoms with Crippen LogP contribution in [0.1, 0.15) is 5.56 Å². The van der Waals surface area contributed by atoms with Crippen LogP contribution in [0.2, 0.25) is 10.2 Å². The number of halogens is 3. The summed E-state index contributed by atoms with van der Waals surface area (Å²) in [6, 6.07) is 7.11. The molecule has 110 valence electrons. The van der Waals surface area contributed by atoms with Gasteiger partial charge in [-0.3, -0.25) is 0 Å². The van der Waals surface area contributed by atoms with Crippen LogP contribution in [0.4, 0.5) is 4.39 Å². The predicted molar refractivity (Wildman–Crippen MR) is 75.9 cm³/mol. The van der Waals surface area contributed by atoms with E-state index in [1.165, 1.54) is 18.3 Å². The second kappa shape index (κ2) is 7.24. The van der Waals surface area contributed by atoms with Crippen molar-refractivity contribution in [2.45, 2.75) is 6.61 Å². The van der Waals surface area contributed by atoms with E-state index in [9.17, 15) is 9.18 Å². The van der Waals surface area contributed by atoms with E-state index in [0.29, 0.717) is 10.7 Å². The summed E-state index contributed by atoms with van der Waals surface area (Å²) in [7, 11) is 0. The summed E-state index contributed by atoms with van der Waals surface area (Å²) in [6.07, 6.45) is 1.51. The predicted octanol–water partition coefficient (Wildman–Crippen LogP) is 3.65. The van der Waals surface area contributed by atoms with Crippen LogP contribution in [0.25, 0.3) is 0 Å². The van der Waals surface area contributed by atoms with Crippen molar-refractivity contribution >= 4 is 29.2 Å². The molecule has 1 aromatic carbocycles. The molecule has 1 heterocycles. The highest BCUT2D eigenvalue weighted by Crippen LogP contribution is 2.21. The molecule has 2 rings (SSSR count). The third-order valence-electron chi connectivity index (χ3n) is 2.44. The number of aromatic nitrogens is 1. The number of esters is 1. The van der Waals surface area contributed by atoms with E-state index >= 15 is 0 Å². The first-order chi connectivity index (χ1) is 10.0. The van der Waals surface area contributed by atoms with Crippen LogP contribution in [-0.2, 0) is 16.1 Å². The van der Waals surface area contributed by atoms with E-state index in [1.54, 1.807) is 12.1 Å². The molecule has 1 aromatic heterocycles. The van der Waals surface area contributed by atoms with Gasteiger partial charge < -0.3 is 9.47 Å². The molecule has 0 saturated carbocycles. The van der Waals surface area contributed by atoms with Crippen LogP contribution in [-0.4, -0.2) is 17.6 Å². The molecule has 0 unspecified atom stereocenters. The quantitative estimate of drug-likeness (QED) is 0.620. The van der Waals surface area contributed by atoms with Crippen LogP contribution in [0.3, 0.4) is 0 Å². The minimum atomic E-state index is -0.564. The van der Waals surface area contributed by atoms with E-state index < -0.39 is 11.8 Å². The summed E-state index contributed by atoms with van der Waals surface area (Å²) < 4.78 is 23.1. The van der Waals surface area contributed by atoms with Crippen molar-refractivity contribution in [3.8, 4) is 5.75 Å². The Bertz CT molecular complexity index is 635. The normalized spacial score (nSPS) is 10.2. The number of hydrogen-bond acceptors (Lipinski definition) is 4. The molecule has 7 heteroatoms. The number of rotatable bonds is 5. The van der Waals surface area contributed by atoms with Crippen molar-refractivity contribution in [3.05, 3.63) is 58.1 Å². The Kier molecular flexibility index (Phi) is 5.36. The maximum absolute atomic E-state index is 12.9. The van der Waals surface area contributed by atoms with E-state index in [4.69, 9.17) is 32.7 Å². The van der Waals surface area contributed by atoms with Gasteiger partial charge in [0.15, 0.2) is 6.61 Å². The molecule has 0 atom stereocenters. The van der Waals surface area contributed by atoms with Gasteiger partial charge in [-0.1, -0.05) is 29.3 Å². The van der Waals surface area contributed by atoms with Gasteiger partial charge in [0.05, 0.1) is 5.02 Å². The zero-order valence-corrected chi connectivity index (χ0v) is 12.2. The molecule has 0 radical (unpaired) electrons. The molecule has 0 fully saturated rings. The molecule has 0 N–H and O–H groups in total. The van der Waals surface area contributed by atoms with Crippen molar-refractivity contribution in [1.82, 2.24) is 4.98 Å². The smallest absolute Gasteiger partial charge is 0.344 e. The van der Waals surface area contributed by atoms with Crippen molar-refractivity contribution in [2.24, 2.45) is 0 Å². The van der Waals surface area contributed by atoms with Crippen LogP contribution in [0, 0.1) is 5.82 Å². The topological polar surface area (TPSA) is 48.4 Å². The fourth-order valence-corrected chi connectivity index (χ4v) is 1.69. The van der Waals surface area contributed by atoms with Crippen LogP contribution in [0.5, 0.6) is 5.75 Å². The SMILES string of the molecule is O=C(COc1ccc(F)c(Cl)c1)OCc1ccc(Cl)nc1. The van der Waals surface area contributed by atoms with E-state index in [-0.39, 0.29) is 24.0 Å². The van der Waals surface area contributed by atoms with Gasteiger partial charge in [-0.15, -0.1) is 0 Å². The molecule has 0 aliphatic heterocycles. The molecule has 0 spiro atoms. The Balaban J connectivity index is 1.79. The van der Waals surface area contributed by atoms with Crippen molar-refractivity contribution in [2.75, 3.05) is 6.61 Å². The third kappa shape index (κ3) is 4.88. The number of carbonyl (C=O) groups excluding carboxylic acids is 1. The average Bonchev–Trinajstić information content (AvgIpc) is 2.48. The lowest BCUT2D eigenvalue weighted by Gasteiger charge is -2.07. The lowest BCUT2D eigenvalue weighted by Crippen LogP contribution is -2.14. The van der Waals surface area contributed by atoms with Gasteiger partial charge >= 0.3 is 5.97 Å². The monoisotopic (exact) mass is 329 g/mol. The first-order valence-electron chi connectivity index (χ1n) is 5.88. The largest absolute Gasteiger partial charge is 0.482 e. The number of pyridine rings is 1. The second-order valence-electron chi connectivity index (χ2n) is 4.01. The van der Waals surface area contributed by atoms with E-state index in [2.05, 4.69) is 4.98 Å². The first kappa shape index (κ1) is 15.5. The standard InChI is InChI=1S/C14H10Cl2FNO3/c15-11-5-10(2-3-12(11)17)20-8-14(19)21-7-9-1-4-13(16)18-6-9/h1-6H,7-8H2. The molecule has 2 aromatic rings. The molecule has 0 aliphatic carbocycles. The molecular formula is C14H10Cl2FNO3. The maximum atomic E-state index is 12.9. The third-order valence-corrected chi connectivity index (χ3v) is 2.95. The van der Waals surface area contributed by atoms with Crippen molar-refractivity contribution < 1.29 is 18.7 Å². The van der Waals surface area contributed by atoms with Crippen molar-refractivity contribution in [3.63, 3.8) is 0 Å². The van der Waals surface area contributed by atoms with Gasteiger partial charge in [-0.25, -0.2) is 14.2 Å². The second-order valence-corrected chi connectivity index (χ2v) is 4.81. The molecular weight excluding hydrogens is 320 g/mol. The molecule has 4 nitrogen and oxygen atoms in total. The number of hydrogen-bond donors (Lipinski definition) is 0. The minimum Gasteiger partial charge on any atom is -0.482 e. The summed E-state index contributed by atoms with van der Waals surface area (Å²) in [5, 5.41) is 0.287. The van der Waals surface area contributed by atoms with Gasteiger partial charge in [0.25, 0.3) is 0 Å². The summed E-state index contributed by atoms with van der Waals surface area (Å²) in [5.41, 5.74) is 0.706. The molecule has 0 aliphatic rings. The Morgan fingerprint density at radius 3 is 2.71 bits per heavy atom. The number of carbonyl (C=O) groups is 1. The van der Waals surface area contributed by atoms with E-state index in [1.807, 2.05) is 0 Å². The Morgan fingerprint density at radius 2 is 2.05 bits per heavy atom. The van der Waals surface area contributed by atoms with Gasteiger partial charge in [-0.05, 0) is 18.2 Å². The average molecular weight is 330 g/mol. The highest BCUT2D eigenvalue weighted by molar-refractivity contribution is 6.30. The van der Waals surface area contributed by atoms with Gasteiger partial charge in [-0.2, -0.15) is 0 Å². The lowest BCUT2D eigenvalue weighted by molar-refractivity contribution is -0.147. The van der Waals surface area contributed by atoms with Gasteiger partial charge in [0.1, 0.15) is 23.3 Å². The lowest BCUT2D eigenvalue weighted by atomic mass is 10.3. The van der Waals surface area contributed by atoms with Crippen LogP contribution < -0.4 is 4.74 Å². The minimum absolute atomic E-state index is 0.0660. The highest BCUT2D eigenvalue weighted by Gasteiger charge is 2.07. The fourth-order valence-electron chi connectivity index (χ4n) is 1.41. The zero-order chi connectivity index (χ0) is 15.2. The summed E-state index contributed by atoms with van der Waals surface area (Å²) >= 11 is 11.2.